The van der Waals surface area contributed by atoms with E-state index in [1.54, 1.807) is 48.5 Å². The van der Waals surface area contributed by atoms with Crippen LogP contribution in [0.1, 0.15) is 6.42 Å². The molecule has 0 bridgehead atoms. The average Bonchev–Trinajstić information content (AvgIpc) is 2.83. The number of hydrogen-bond acceptors (Lipinski definition) is 4. The highest BCUT2D eigenvalue weighted by Gasteiger charge is 2.43. The van der Waals surface area contributed by atoms with Gasteiger partial charge in [-0.2, -0.15) is 0 Å². The van der Waals surface area contributed by atoms with E-state index in [1.807, 2.05) is 0 Å². The Bertz CT molecular complexity index is 747. The van der Waals surface area contributed by atoms with Crippen LogP contribution in [-0.2, 0) is 9.59 Å². The fourth-order valence-corrected chi connectivity index (χ4v) is 2.69. The van der Waals surface area contributed by atoms with Gasteiger partial charge in [-0.15, -0.1) is 0 Å². The molecule has 7 heteroatoms. The van der Waals surface area contributed by atoms with Gasteiger partial charge >= 0.3 is 0 Å². The Morgan fingerprint density at radius 2 is 1.48 bits per heavy atom. The van der Waals surface area contributed by atoms with E-state index in [9.17, 15) is 14.8 Å². The van der Waals surface area contributed by atoms with Gasteiger partial charge in [0.15, 0.2) is 0 Å². The molecule has 5 nitrogen and oxygen atoms in total. The van der Waals surface area contributed by atoms with E-state index < -0.39 is 11.9 Å². The van der Waals surface area contributed by atoms with Crippen LogP contribution in [0.25, 0.3) is 0 Å². The predicted octanol–water partition coefficient (Wildman–Crippen LogP) is 3.52. The first-order chi connectivity index (χ1) is 11.0. The van der Waals surface area contributed by atoms with Gasteiger partial charge in [0, 0.05) is 10.0 Å². The largest absolute Gasteiger partial charge is 0.288 e. The molecule has 0 aromatic heterocycles. The quantitative estimate of drug-likeness (QED) is 0.679. The van der Waals surface area contributed by atoms with Crippen LogP contribution in [0.2, 0.25) is 10.0 Å². The van der Waals surface area contributed by atoms with Crippen molar-refractivity contribution >= 4 is 46.4 Å². The molecule has 1 saturated heterocycles. The summed E-state index contributed by atoms with van der Waals surface area (Å²) in [4.78, 5) is 25.8. The number of carbonyl (C=O) groups is 2. The minimum Gasteiger partial charge on any atom is -0.288 e. The van der Waals surface area contributed by atoms with Crippen molar-refractivity contribution in [1.82, 2.24) is 0 Å². The van der Waals surface area contributed by atoms with Crippen LogP contribution in [0.3, 0.4) is 0 Å². The molecule has 0 spiro atoms. The highest BCUT2D eigenvalue weighted by Crippen LogP contribution is 2.29. The second kappa shape index (κ2) is 6.20. The monoisotopic (exact) mass is 350 g/mol. The van der Waals surface area contributed by atoms with Gasteiger partial charge in [-0.1, -0.05) is 23.2 Å². The van der Waals surface area contributed by atoms with Crippen LogP contribution < -0.4 is 9.96 Å². The van der Waals surface area contributed by atoms with Crippen molar-refractivity contribution < 1.29 is 14.8 Å². The Morgan fingerprint density at radius 3 is 2.04 bits per heavy atom. The van der Waals surface area contributed by atoms with Gasteiger partial charge in [0.1, 0.15) is 6.04 Å². The fourth-order valence-electron chi connectivity index (χ4n) is 2.44. The summed E-state index contributed by atoms with van der Waals surface area (Å²) >= 11 is 11.6. The molecule has 2 aromatic rings. The van der Waals surface area contributed by atoms with Gasteiger partial charge in [0.2, 0.25) is 5.91 Å². The van der Waals surface area contributed by atoms with Crippen molar-refractivity contribution in [3.63, 3.8) is 0 Å². The van der Waals surface area contributed by atoms with Crippen LogP contribution in [-0.4, -0.2) is 23.1 Å². The molecule has 23 heavy (non-hydrogen) atoms. The molecule has 1 heterocycles. The molecule has 0 saturated carbocycles. The molecule has 1 aliphatic heterocycles. The summed E-state index contributed by atoms with van der Waals surface area (Å²) in [6.45, 7) is 0. The first-order valence-electron chi connectivity index (χ1n) is 6.83. The summed E-state index contributed by atoms with van der Waals surface area (Å²) < 4.78 is 0. The minimum atomic E-state index is -0.973. The third kappa shape index (κ3) is 3.03. The highest BCUT2D eigenvalue weighted by molar-refractivity contribution is 6.31. The van der Waals surface area contributed by atoms with Crippen LogP contribution in [0.15, 0.2) is 48.5 Å². The molecular formula is C16H12Cl2N2O3. The maximum absolute atomic E-state index is 12.5. The number of anilines is 2. The van der Waals surface area contributed by atoms with E-state index in [0.717, 1.165) is 9.96 Å². The van der Waals surface area contributed by atoms with E-state index in [4.69, 9.17) is 23.2 Å². The molecule has 0 unspecified atom stereocenters. The van der Waals surface area contributed by atoms with Crippen molar-refractivity contribution in [2.24, 2.45) is 0 Å². The molecule has 1 N–H and O–H groups in total. The number of rotatable bonds is 3. The van der Waals surface area contributed by atoms with E-state index in [2.05, 4.69) is 0 Å². The molecule has 0 radical (unpaired) electrons. The number of halogens is 2. The Morgan fingerprint density at radius 1 is 0.957 bits per heavy atom. The standard InChI is InChI=1S/C16H12Cl2N2O3/c17-10-1-5-12(6-2-10)19-15(21)9-14(16(19)22)20(23)13-7-3-11(18)4-8-13/h1-8,14,23H,9H2/t14-/m1/s1. The van der Waals surface area contributed by atoms with Crippen molar-refractivity contribution in [2.45, 2.75) is 12.5 Å². The Kier molecular flexibility index (Phi) is 4.26. The predicted molar refractivity (Wildman–Crippen MR) is 88.1 cm³/mol. The lowest BCUT2D eigenvalue weighted by Crippen LogP contribution is -2.40. The zero-order chi connectivity index (χ0) is 16.6. The van der Waals surface area contributed by atoms with Crippen LogP contribution in [0, 0.1) is 0 Å². The Hall–Kier alpha value is -2.08. The number of hydroxylamine groups is 1. The first-order valence-corrected chi connectivity index (χ1v) is 7.59. The number of nitrogens with zero attached hydrogens (tertiary/aromatic N) is 2. The molecule has 2 amide bonds. The number of carbonyl (C=O) groups excluding carboxylic acids is 2. The molecule has 1 aliphatic rings. The maximum Gasteiger partial charge on any atom is 0.259 e. The number of imide groups is 1. The van der Waals surface area contributed by atoms with E-state index in [-0.39, 0.29) is 12.3 Å². The summed E-state index contributed by atoms with van der Waals surface area (Å²) in [7, 11) is 0. The average molecular weight is 351 g/mol. The Balaban J connectivity index is 1.85. The summed E-state index contributed by atoms with van der Waals surface area (Å²) in [6, 6.07) is 11.7. The summed E-state index contributed by atoms with van der Waals surface area (Å²) in [6.07, 6.45) is -0.111. The summed E-state index contributed by atoms with van der Waals surface area (Å²) in [5, 5.41) is 12.1. The van der Waals surface area contributed by atoms with Crippen LogP contribution in [0.4, 0.5) is 11.4 Å². The number of benzene rings is 2. The lowest BCUT2D eigenvalue weighted by molar-refractivity contribution is -0.121. The van der Waals surface area contributed by atoms with Gasteiger partial charge in [-0.05, 0) is 48.5 Å². The molecule has 1 atom stereocenters. The van der Waals surface area contributed by atoms with Crippen LogP contribution in [0.5, 0.6) is 0 Å². The van der Waals surface area contributed by atoms with Gasteiger partial charge in [0.05, 0.1) is 17.8 Å². The minimum absolute atomic E-state index is 0.111. The number of hydrogen-bond donors (Lipinski definition) is 1. The molecule has 1 fully saturated rings. The highest BCUT2D eigenvalue weighted by atomic mass is 35.5. The SMILES string of the molecule is O=C1C[C@@H](N(O)c2ccc(Cl)cc2)C(=O)N1c1ccc(Cl)cc1. The maximum atomic E-state index is 12.5. The fraction of sp³-hybridized carbons (Fsp3) is 0.125. The smallest absolute Gasteiger partial charge is 0.259 e. The second-order valence-electron chi connectivity index (χ2n) is 5.08. The lowest BCUT2D eigenvalue weighted by atomic mass is 10.2. The van der Waals surface area contributed by atoms with Gasteiger partial charge in [0.25, 0.3) is 5.91 Å². The number of amides is 2. The van der Waals surface area contributed by atoms with Crippen LogP contribution >= 0.6 is 23.2 Å². The Labute approximate surface area is 142 Å². The first kappa shape index (κ1) is 15.8. The third-order valence-corrected chi connectivity index (χ3v) is 4.10. The van der Waals surface area contributed by atoms with E-state index in [0.29, 0.717) is 21.4 Å². The second-order valence-corrected chi connectivity index (χ2v) is 5.96. The van der Waals surface area contributed by atoms with Crippen molar-refractivity contribution in [1.29, 1.82) is 0 Å². The molecule has 2 aromatic carbocycles. The van der Waals surface area contributed by atoms with Crippen molar-refractivity contribution in [3.8, 4) is 0 Å². The van der Waals surface area contributed by atoms with Crippen molar-refractivity contribution in [2.75, 3.05) is 9.96 Å². The zero-order valence-electron chi connectivity index (χ0n) is 11.8. The zero-order valence-corrected chi connectivity index (χ0v) is 13.3. The lowest BCUT2D eigenvalue weighted by Gasteiger charge is -2.22. The van der Waals surface area contributed by atoms with Gasteiger partial charge < -0.3 is 0 Å². The molecular weight excluding hydrogens is 339 g/mol. The normalized spacial score (nSPS) is 17.7. The third-order valence-electron chi connectivity index (χ3n) is 3.59. The summed E-state index contributed by atoms with van der Waals surface area (Å²) in [5.41, 5.74) is 0.815. The molecule has 0 aliphatic carbocycles. The van der Waals surface area contributed by atoms with E-state index >= 15 is 0 Å². The van der Waals surface area contributed by atoms with Gasteiger partial charge in [-0.25, -0.2) is 9.96 Å². The summed E-state index contributed by atoms with van der Waals surface area (Å²) in [5.74, 6) is -0.870. The van der Waals surface area contributed by atoms with Crippen molar-refractivity contribution in [3.05, 3.63) is 58.6 Å². The van der Waals surface area contributed by atoms with E-state index in [1.165, 1.54) is 0 Å². The topological polar surface area (TPSA) is 60.9 Å². The molecule has 118 valence electrons. The molecule has 3 rings (SSSR count). The van der Waals surface area contributed by atoms with Gasteiger partial charge in [-0.3, -0.25) is 14.8 Å².